The van der Waals surface area contributed by atoms with Crippen LogP contribution in [0.1, 0.15) is 23.7 Å². The topological polar surface area (TPSA) is 136 Å². The summed E-state index contributed by atoms with van der Waals surface area (Å²) in [6.45, 7) is 1.93. The highest BCUT2D eigenvalue weighted by atomic mass is 16.6. The molecule has 1 atom stereocenters. The maximum absolute atomic E-state index is 11.1. The van der Waals surface area contributed by atoms with Crippen molar-refractivity contribution in [2.24, 2.45) is 11.7 Å². The molecule has 0 saturated carbocycles. The fraction of sp³-hybridized carbons (Fsp3) is 0.333. The lowest BCUT2D eigenvalue weighted by Gasteiger charge is -2.12. The Kier molecular flexibility index (Phi) is 5.01. The Hall–Kier alpha value is -2.64. The van der Waals surface area contributed by atoms with Gasteiger partial charge in [0.1, 0.15) is 5.69 Å². The summed E-state index contributed by atoms with van der Waals surface area (Å²) < 4.78 is 0. The molecular weight excluding hydrogens is 266 g/mol. The van der Waals surface area contributed by atoms with Crippen molar-refractivity contribution in [2.75, 3.05) is 11.9 Å². The number of carbonyl (C=O) groups excluding carboxylic acids is 1. The number of hydrogen-bond donors (Lipinski definition) is 3. The Morgan fingerprint density at radius 3 is 2.65 bits per heavy atom. The smallest absolute Gasteiger partial charge is 0.303 e. The van der Waals surface area contributed by atoms with Gasteiger partial charge in [0.25, 0.3) is 5.69 Å². The van der Waals surface area contributed by atoms with Crippen molar-refractivity contribution in [3.8, 4) is 0 Å². The molecule has 8 heteroatoms. The Labute approximate surface area is 114 Å². The van der Waals surface area contributed by atoms with Crippen LogP contribution in [0.2, 0.25) is 0 Å². The molecular formula is C12H15N3O5. The van der Waals surface area contributed by atoms with Gasteiger partial charge in [0.2, 0.25) is 5.91 Å². The summed E-state index contributed by atoms with van der Waals surface area (Å²) in [5.74, 6) is -1.86. The van der Waals surface area contributed by atoms with E-state index >= 15 is 0 Å². The molecule has 0 heterocycles. The van der Waals surface area contributed by atoms with Crippen molar-refractivity contribution in [3.05, 3.63) is 33.9 Å². The molecule has 0 saturated heterocycles. The van der Waals surface area contributed by atoms with E-state index in [2.05, 4.69) is 5.32 Å². The van der Waals surface area contributed by atoms with E-state index in [0.29, 0.717) is 0 Å². The monoisotopic (exact) mass is 281 g/mol. The molecule has 0 bridgehead atoms. The van der Waals surface area contributed by atoms with E-state index in [1.54, 1.807) is 6.92 Å². The number of aliphatic carboxylic acids is 1. The van der Waals surface area contributed by atoms with Gasteiger partial charge in [-0.2, -0.15) is 0 Å². The average Bonchev–Trinajstić information content (AvgIpc) is 2.34. The minimum absolute atomic E-state index is 0.0592. The number of benzene rings is 1. The number of carboxylic acids is 1. The molecule has 1 aromatic rings. The number of anilines is 1. The maximum Gasteiger partial charge on any atom is 0.303 e. The quantitative estimate of drug-likeness (QED) is 0.507. The van der Waals surface area contributed by atoms with Crippen LogP contribution in [0, 0.1) is 16.0 Å². The molecule has 0 spiro atoms. The number of primary amides is 1. The number of nitro groups is 1. The van der Waals surface area contributed by atoms with Crippen LogP contribution in [-0.2, 0) is 4.79 Å². The number of amides is 1. The summed E-state index contributed by atoms with van der Waals surface area (Å²) in [5, 5.41) is 22.3. The van der Waals surface area contributed by atoms with Crippen LogP contribution in [0.5, 0.6) is 0 Å². The van der Waals surface area contributed by atoms with E-state index in [1.165, 1.54) is 18.2 Å². The fourth-order valence-corrected chi connectivity index (χ4v) is 1.64. The molecule has 108 valence electrons. The third-order valence-electron chi connectivity index (χ3n) is 2.64. The first kappa shape index (κ1) is 15.4. The van der Waals surface area contributed by atoms with Crippen LogP contribution in [0.4, 0.5) is 11.4 Å². The molecule has 0 aromatic heterocycles. The average molecular weight is 281 g/mol. The van der Waals surface area contributed by atoms with Crippen molar-refractivity contribution in [1.82, 2.24) is 0 Å². The second-order valence-corrected chi connectivity index (χ2v) is 4.44. The first-order chi connectivity index (χ1) is 9.31. The largest absolute Gasteiger partial charge is 0.481 e. The second-order valence-electron chi connectivity index (χ2n) is 4.44. The predicted molar refractivity (Wildman–Crippen MR) is 71.5 cm³/mol. The first-order valence-electron chi connectivity index (χ1n) is 5.85. The van der Waals surface area contributed by atoms with Gasteiger partial charge >= 0.3 is 5.97 Å². The van der Waals surface area contributed by atoms with Crippen molar-refractivity contribution in [3.63, 3.8) is 0 Å². The van der Waals surface area contributed by atoms with E-state index < -0.39 is 16.8 Å². The number of carbonyl (C=O) groups is 2. The molecule has 1 aromatic carbocycles. The zero-order valence-corrected chi connectivity index (χ0v) is 10.8. The zero-order chi connectivity index (χ0) is 15.3. The van der Waals surface area contributed by atoms with Crippen molar-refractivity contribution in [2.45, 2.75) is 13.3 Å². The van der Waals surface area contributed by atoms with E-state index in [0.717, 1.165) is 0 Å². The lowest BCUT2D eigenvalue weighted by Crippen LogP contribution is -2.17. The van der Waals surface area contributed by atoms with Gasteiger partial charge in [0, 0.05) is 24.6 Å². The van der Waals surface area contributed by atoms with Crippen molar-refractivity contribution < 1.29 is 19.6 Å². The standard InChI is InChI=1S/C12H15N3O5/c1-7(4-11(16)17)6-14-9-5-8(12(13)18)2-3-10(9)15(19)20/h2-3,5,7,14H,4,6H2,1H3,(H2,13,18)(H,16,17). The summed E-state index contributed by atoms with van der Waals surface area (Å²) >= 11 is 0. The third-order valence-corrected chi connectivity index (χ3v) is 2.64. The number of carboxylic acid groups (broad SMARTS) is 1. The van der Waals surface area contributed by atoms with Crippen LogP contribution < -0.4 is 11.1 Å². The number of rotatable bonds is 7. The molecule has 1 rings (SSSR count). The van der Waals surface area contributed by atoms with Crippen LogP contribution >= 0.6 is 0 Å². The number of hydrogen-bond acceptors (Lipinski definition) is 5. The Morgan fingerprint density at radius 1 is 1.50 bits per heavy atom. The summed E-state index contributed by atoms with van der Waals surface area (Å²) in [6, 6.07) is 3.74. The second kappa shape index (κ2) is 6.50. The fourth-order valence-electron chi connectivity index (χ4n) is 1.64. The lowest BCUT2D eigenvalue weighted by molar-refractivity contribution is -0.384. The van der Waals surface area contributed by atoms with E-state index in [4.69, 9.17) is 10.8 Å². The third kappa shape index (κ3) is 4.23. The molecule has 0 aliphatic rings. The van der Waals surface area contributed by atoms with E-state index in [9.17, 15) is 19.7 Å². The molecule has 20 heavy (non-hydrogen) atoms. The highest BCUT2D eigenvalue weighted by Crippen LogP contribution is 2.25. The van der Waals surface area contributed by atoms with Gasteiger partial charge in [-0.05, 0) is 18.1 Å². The normalized spacial score (nSPS) is 11.7. The Bertz CT molecular complexity index is 544. The minimum atomic E-state index is -0.945. The van der Waals surface area contributed by atoms with Gasteiger partial charge < -0.3 is 16.2 Å². The number of nitrogens with one attached hydrogen (secondary N) is 1. The van der Waals surface area contributed by atoms with Gasteiger partial charge in [-0.1, -0.05) is 6.92 Å². The molecule has 0 aliphatic heterocycles. The van der Waals surface area contributed by atoms with Crippen LogP contribution in [-0.4, -0.2) is 28.5 Å². The molecule has 1 unspecified atom stereocenters. The summed E-state index contributed by atoms with van der Waals surface area (Å²) in [5.41, 5.74) is 5.20. The van der Waals surface area contributed by atoms with Gasteiger partial charge in [-0.25, -0.2) is 0 Å². The minimum Gasteiger partial charge on any atom is -0.481 e. The molecule has 0 fully saturated rings. The Morgan fingerprint density at radius 2 is 2.15 bits per heavy atom. The van der Waals surface area contributed by atoms with E-state index in [1.807, 2.05) is 0 Å². The summed E-state index contributed by atoms with van der Waals surface area (Å²) in [6.07, 6.45) is -0.0592. The van der Waals surface area contributed by atoms with Crippen LogP contribution in [0.15, 0.2) is 18.2 Å². The molecule has 4 N–H and O–H groups in total. The van der Waals surface area contributed by atoms with Gasteiger partial charge in [-0.15, -0.1) is 0 Å². The molecule has 8 nitrogen and oxygen atoms in total. The molecule has 0 radical (unpaired) electrons. The molecule has 0 aliphatic carbocycles. The van der Waals surface area contributed by atoms with Crippen LogP contribution in [0.3, 0.4) is 0 Å². The number of nitro benzene ring substituents is 1. The highest BCUT2D eigenvalue weighted by Gasteiger charge is 2.17. The first-order valence-corrected chi connectivity index (χ1v) is 5.85. The SMILES string of the molecule is CC(CNc1cc(C(N)=O)ccc1[N+](=O)[O-])CC(=O)O. The maximum atomic E-state index is 11.1. The van der Waals surface area contributed by atoms with Gasteiger partial charge in [0.15, 0.2) is 0 Å². The number of nitrogens with two attached hydrogens (primary N) is 1. The van der Waals surface area contributed by atoms with Crippen molar-refractivity contribution >= 4 is 23.3 Å². The molecule has 1 amide bonds. The highest BCUT2D eigenvalue weighted by molar-refractivity contribution is 5.94. The lowest BCUT2D eigenvalue weighted by atomic mass is 10.1. The predicted octanol–water partition coefficient (Wildman–Crippen LogP) is 1.22. The van der Waals surface area contributed by atoms with Crippen molar-refractivity contribution in [1.29, 1.82) is 0 Å². The van der Waals surface area contributed by atoms with Gasteiger partial charge in [-0.3, -0.25) is 19.7 Å². The number of nitrogens with zero attached hydrogens (tertiary/aromatic N) is 1. The summed E-state index contributed by atoms with van der Waals surface area (Å²) in [7, 11) is 0. The van der Waals surface area contributed by atoms with Gasteiger partial charge in [0.05, 0.1) is 4.92 Å². The van der Waals surface area contributed by atoms with Crippen LogP contribution in [0.25, 0.3) is 0 Å². The van der Waals surface area contributed by atoms with E-state index in [-0.39, 0.29) is 35.8 Å². The zero-order valence-electron chi connectivity index (χ0n) is 10.8. The summed E-state index contributed by atoms with van der Waals surface area (Å²) in [4.78, 5) is 31.9. The Balaban J connectivity index is 2.90.